The molecule has 5 nitrogen and oxygen atoms in total. The van der Waals surface area contributed by atoms with Gasteiger partial charge in [0, 0.05) is 39.3 Å². The second-order valence-corrected chi connectivity index (χ2v) is 19.4. The third-order valence-electron chi connectivity index (χ3n) is 14.7. The average molecular weight is 984 g/mol. The molecule has 5 heteroatoms. The summed E-state index contributed by atoms with van der Waals surface area (Å²) < 4.78 is 4.55. The lowest BCUT2D eigenvalue weighted by Gasteiger charge is -2.27. The van der Waals surface area contributed by atoms with Crippen molar-refractivity contribution in [3.8, 4) is 78.7 Å². The van der Waals surface area contributed by atoms with Crippen molar-refractivity contribution in [2.45, 2.75) is 0 Å². The summed E-state index contributed by atoms with van der Waals surface area (Å²) in [5, 5.41) is 2.38. The van der Waals surface area contributed by atoms with Gasteiger partial charge in [-0.3, -0.25) is 9.13 Å². The van der Waals surface area contributed by atoms with Crippen LogP contribution in [0.3, 0.4) is 0 Å². The molecule has 2 heterocycles. The smallest absolute Gasteiger partial charge is 0.145 e. The van der Waals surface area contributed by atoms with Crippen LogP contribution in [0.15, 0.2) is 297 Å². The molecule has 0 amide bonds. The normalized spacial score (nSPS) is 11.4. The fraction of sp³-hybridized carbons (Fsp3) is 0. The first-order valence-corrected chi connectivity index (χ1v) is 26.1. The van der Waals surface area contributed by atoms with Gasteiger partial charge in [-0.2, -0.15) is 0 Å². The molecular formula is C72H49N5. The maximum absolute atomic E-state index is 5.16. The number of anilines is 3. The molecule has 0 aliphatic heterocycles. The zero-order chi connectivity index (χ0) is 51.1. The van der Waals surface area contributed by atoms with Gasteiger partial charge in [0.05, 0.1) is 27.8 Å². The lowest BCUT2D eigenvalue weighted by molar-refractivity contribution is 1.10. The van der Waals surface area contributed by atoms with Crippen LogP contribution in [-0.4, -0.2) is 19.1 Å². The second kappa shape index (κ2) is 19.5. The van der Waals surface area contributed by atoms with Gasteiger partial charge >= 0.3 is 0 Å². The molecule has 14 aromatic rings. The number of para-hydroxylation sites is 2. The van der Waals surface area contributed by atoms with Crippen LogP contribution in [0.25, 0.3) is 111 Å². The van der Waals surface area contributed by atoms with Crippen molar-refractivity contribution in [3.05, 3.63) is 297 Å². The van der Waals surface area contributed by atoms with Crippen molar-refractivity contribution in [1.82, 2.24) is 19.1 Å². The highest BCUT2D eigenvalue weighted by Crippen LogP contribution is 2.42. The highest BCUT2D eigenvalue weighted by molar-refractivity contribution is 5.99. The molecule has 0 atom stereocenters. The maximum Gasteiger partial charge on any atom is 0.145 e. The van der Waals surface area contributed by atoms with Gasteiger partial charge in [-0.05, 0) is 141 Å². The molecule has 0 fully saturated rings. The molecule has 0 saturated carbocycles. The molecule has 0 bridgehead atoms. The van der Waals surface area contributed by atoms with Gasteiger partial charge in [-0.25, -0.2) is 9.97 Å². The number of nitrogens with zero attached hydrogens (tertiary/aromatic N) is 5. The molecule has 0 aliphatic rings. The van der Waals surface area contributed by atoms with E-state index in [0.29, 0.717) is 0 Å². The number of hydrogen-bond acceptors (Lipinski definition) is 3. The first kappa shape index (κ1) is 45.3. The Bertz CT molecular complexity index is 4160. The zero-order valence-electron chi connectivity index (χ0n) is 42.0. The van der Waals surface area contributed by atoms with E-state index >= 15 is 0 Å². The lowest BCUT2D eigenvalue weighted by Crippen LogP contribution is -2.10. The van der Waals surface area contributed by atoms with Gasteiger partial charge in [0.25, 0.3) is 0 Å². The molecule has 0 radical (unpaired) electrons. The number of fused-ring (bicyclic) bond motifs is 3. The van der Waals surface area contributed by atoms with Gasteiger partial charge < -0.3 is 4.90 Å². The lowest BCUT2D eigenvalue weighted by atomic mass is 9.98. The summed E-state index contributed by atoms with van der Waals surface area (Å²) >= 11 is 0. The van der Waals surface area contributed by atoms with E-state index in [-0.39, 0.29) is 0 Å². The minimum Gasteiger partial charge on any atom is -0.310 e. The summed E-state index contributed by atoms with van der Waals surface area (Å²) in [7, 11) is 0. The predicted octanol–water partition coefficient (Wildman–Crippen LogP) is 19.0. The second-order valence-electron chi connectivity index (χ2n) is 19.4. The van der Waals surface area contributed by atoms with Crippen molar-refractivity contribution in [1.29, 1.82) is 0 Å². The van der Waals surface area contributed by atoms with Gasteiger partial charge in [0.1, 0.15) is 11.6 Å². The van der Waals surface area contributed by atoms with Crippen LogP contribution in [0, 0.1) is 0 Å². The van der Waals surface area contributed by atoms with E-state index in [0.717, 1.165) is 118 Å². The molecule has 77 heavy (non-hydrogen) atoms. The van der Waals surface area contributed by atoms with Crippen molar-refractivity contribution in [2.24, 2.45) is 0 Å². The van der Waals surface area contributed by atoms with Crippen LogP contribution in [0.2, 0.25) is 0 Å². The third kappa shape index (κ3) is 8.52. The molecule has 14 rings (SSSR count). The minimum absolute atomic E-state index is 0.924. The van der Waals surface area contributed by atoms with Crippen molar-refractivity contribution in [3.63, 3.8) is 0 Å². The standard InChI is InChI=1S/C72H49N5/c1-5-19-53(20-6-1)71-73-66-44-38-59(48-69(66)76(71)61-28-9-3-10-29-61)57-26-15-24-55(46-57)50-34-40-63(41-35-50)75(68-33-17-23-52-18-13-14-32-65(52)68)64-42-36-51(37-43-64)56-25-16-27-58(47-56)60-39-45-67-70(49-60)77(62-30-11-4-12-31-62)72(74-67)54-21-7-2-8-22-54/h1-49H. The number of rotatable bonds is 11. The Morgan fingerprint density at radius 3 is 1.08 bits per heavy atom. The summed E-state index contributed by atoms with van der Waals surface area (Å²) in [4.78, 5) is 12.7. The van der Waals surface area contributed by atoms with E-state index in [1.807, 2.05) is 12.1 Å². The van der Waals surface area contributed by atoms with Gasteiger partial charge in [-0.1, -0.05) is 206 Å². The van der Waals surface area contributed by atoms with E-state index in [9.17, 15) is 0 Å². The third-order valence-corrected chi connectivity index (χ3v) is 14.7. The van der Waals surface area contributed by atoms with E-state index in [2.05, 4.69) is 299 Å². The molecule has 12 aromatic carbocycles. The van der Waals surface area contributed by atoms with Crippen LogP contribution >= 0.6 is 0 Å². The molecule has 0 spiro atoms. The number of hydrogen-bond donors (Lipinski definition) is 0. The highest BCUT2D eigenvalue weighted by atomic mass is 15.1. The maximum atomic E-state index is 5.16. The van der Waals surface area contributed by atoms with E-state index < -0.39 is 0 Å². The summed E-state index contributed by atoms with van der Waals surface area (Å²) in [6.07, 6.45) is 0. The predicted molar refractivity (Wildman–Crippen MR) is 321 cm³/mol. The Morgan fingerprint density at radius 1 is 0.260 bits per heavy atom. The monoisotopic (exact) mass is 983 g/mol. The summed E-state index contributed by atoms with van der Waals surface area (Å²) in [6.45, 7) is 0. The van der Waals surface area contributed by atoms with Crippen LogP contribution in [0.1, 0.15) is 0 Å². The largest absolute Gasteiger partial charge is 0.310 e. The Hall–Kier alpha value is -10.4. The van der Waals surface area contributed by atoms with Gasteiger partial charge in [0.15, 0.2) is 0 Å². The Kier molecular flexibility index (Phi) is 11.5. The number of imidazole rings is 2. The van der Waals surface area contributed by atoms with Crippen LogP contribution in [-0.2, 0) is 0 Å². The quantitative estimate of drug-likeness (QED) is 0.130. The molecule has 362 valence electrons. The Balaban J connectivity index is 0.790. The first-order chi connectivity index (χ1) is 38.2. The first-order valence-electron chi connectivity index (χ1n) is 26.1. The van der Waals surface area contributed by atoms with Crippen molar-refractivity contribution < 1.29 is 0 Å². The molecule has 2 aromatic heterocycles. The molecule has 0 saturated heterocycles. The van der Waals surface area contributed by atoms with E-state index in [1.54, 1.807) is 0 Å². The van der Waals surface area contributed by atoms with Crippen LogP contribution in [0.4, 0.5) is 17.1 Å². The molecular weight excluding hydrogens is 935 g/mol. The molecule has 0 N–H and O–H groups in total. The van der Waals surface area contributed by atoms with Crippen molar-refractivity contribution >= 4 is 49.9 Å². The highest BCUT2D eigenvalue weighted by Gasteiger charge is 2.20. The van der Waals surface area contributed by atoms with E-state index in [4.69, 9.17) is 9.97 Å². The number of benzene rings is 12. The SMILES string of the molecule is c1ccc(-c2nc3ccc(-c4cccc(-c5ccc(N(c6ccc(-c7cccc(-c8ccc9nc(-c%10ccccc%10)n(-c%10ccccc%10)c9c8)c7)cc6)c6cccc7ccccc67)cc5)c4)cc3n2-c2ccccc2)cc1. The Labute approximate surface area is 447 Å². The van der Waals surface area contributed by atoms with E-state index in [1.165, 1.54) is 10.8 Å². The summed E-state index contributed by atoms with van der Waals surface area (Å²) in [5.74, 6) is 1.85. The average Bonchev–Trinajstić information content (AvgIpc) is 4.11. The molecule has 0 aliphatic carbocycles. The zero-order valence-corrected chi connectivity index (χ0v) is 42.0. The topological polar surface area (TPSA) is 38.9 Å². The van der Waals surface area contributed by atoms with Crippen LogP contribution in [0.5, 0.6) is 0 Å². The minimum atomic E-state index is 0.924. The summed E-state index contributed by atoms with van der Waals surface area (Å²) in [5.41, 5.74) is 20.8. The van der Waals surface area contributed by atoms with Gasteiger partial charge in [0.2, 0.25) is 0 Å². The number of aromatic nitrogens is 4. The molecule has 0 unspecified atom stereocenters. The summed E-state index contributed by atoms with van der Waals surface area (Å²) in [6, 6.07) is 106. The van der Waals surface area contributed by atoms with Gasteiger partial charge in [-0.15, -0.1) is 0 Å². The van der Waals surface area contributed by atoms with Crippen LogP contribution < -0.4 is 4.90 Å². The van der Waals surface area contributed by atoms with Crippen molar-refractivity contribution in [2.75, 3.05) is 4.90 Å². The Morgan fingerprint density at radius 2 is 0.610 bits per heavy atom. The fourth-order valence-electron chi connectivity index (χ4n) is 10.9. The fourth-order valence-corrected chi connectivity index (χ4v) is 10.9.